The van der Waals surface area contributed by atoms with E-state index < -0.39 is 29.9 Å². The van der Waals surface area contributed by atoms with Crippen LogP contribution >= 0.6 is 11.6 Å². The van der Waals surface area contributed by atoms with E-state index >= 15 is 0 Å². The normalized spacial score (nSPS) is 10.5. The summed E-state index contributed by atoms with van der Waals surface area (Å²) in [5.74, 6) is -2.09. The highest BCUT2D eigenvalue weighted by atomic mass is 35.5. The predicted molar refractivity (Wildman–Crippen MR) is 116 cm³/mol. The summed E-state index contributed by atoms with van der Waals surface area (Å²) in [6, 6.07) is 11.0. The highest BCUT2D eigenvalue weighted by Crippen LogP contribution is 2.23. The van der Waals surface area contributed by atoms with E-state index in [1.54, 1.807) is 32.0 Å². The molecule has 166 valence electrons. The first-order valence-electron chi connectivity index (χ1n) is 9.55. The third-order valence-corrected chi connectivity index (χ3v) is 4.75. The lowest BCUT2D eigenvalue weighted by Crippen LogP contribution is -2.27. The van der Waals surface area contributed by atoms with Crippen molar-refractivity contribution >= 4 is 29.2 Å². The highest BCUT2D eigenvalue weighted by molar-refractivity contribution is 6.31. The SMILES string of the molecule is CCOC(=O)c1nn(-c2ccc(F)cc2)c(=O)cc1OCC(=O)Nc1cccc(Cl)c1C. The molecule has 0 aliphatic rings. The minimum atomic E-state index is -0.843. The summed E-state index contributed by atoms with van der Waals surface area (Å²) in [6.45, 7) is 2.91. The third kappa shape index (κ3) is 5.30. The van der Waals surface area contributed by atoms with Gasteiger partial charge < -0.3 is 14.8 Å². The molecular weight excluding hydrogens is 441 g/mol. The Morgan fingerprint density at radius 2 is 1.91 bits per heavy atom. The largest absolute Gasteiger partial charge is 0.481 e. The fourth-order valence-corrected chi connectivity index (χ4v) is 2.91. The summed E-state index contributed by atoms with van der Waals surface area (Å²) in [6.07, 6.45) is 0. The summed E-state index contributed by atoms with van der Waals surface area (Å²) in [4.78, 5) is 37.2. The maximum Gasteiger partial charge on any atom is 0.362 e. The fraction of sp³-hybridized carbons (Fsp3) is 0.182. The fourth-order valence-electron chi connectivity index (χ4n) is 2.73. The summed E-state index contributed by atoms with van der Waals surface area (Å²) in [5.41, 5.74) is 0.468. The lowest BCUT2D eigenvalue weighted by molar-refractivity contribution is -0.118. The number of aromatic nitrogens is 2. The summed E-state index contributed by atoms with van der Waals surface area (Å²) < 4.78 is 24.5. The first-order chi connectivity index (χ1) is 15.3. The topological polar surface area (TPSA) is 99.5 Å². The van der Waals surface area contributed by atoms with Crippen LogP contribution in [0.25, 0.3) is 5.69 Å². The van der Waals surface area contributed by atoms with Gasteiger partial charge >= 0.3 is 5.97 Å². The van der Waals surface area contributed by atoms with Gasteiger partial charge in [0.05, 0.1) is 18.4 Å². The molecule has 8 nitrogen and oxygen atoms in total. The molecule has 0 unspecified atom stereocenters. The Morgan fingerprint density at radius 1 is 1.19 bits per heavy atom. The molecule has 0 saturated carbocycles. The van der Waals surface area contributed by atoms with Crippen molar-refractivity contribution in [2.75, 3.05) is 18.5 Å². The van der Waals surface area contributed by atoms with Gasteiger partial charge in [0, 0.05) is 10.7 Å². The molecule has 2 aromatic carbocycles. The van der Waals surface area contributed by atoms with Gasteiger partial charge in [0.1, 0.15) is 5.82 Å². The summed E-state index contributed by atoms with van der Waals surface area (Å²) >= 11 is 6.05. The molecule has 0 aliphatic heterocycles. The Bertz CT molecular complexity index is 1210. The quantitative estimate of drug-likeness (QED) is 0.543. The van der Waals surface area contributed by atoms with Crippen LogP contribution in [0.15, 0.2) is 53.3 Å². The van der Waals surface area contributed by atoms with Gasteiger partial charge in [0.25, 0.3) is 11.5 Å². The van der Waals surface area contributed by atoms with E-state index in [2.05, 4.69) is 10.4 Å². The van der Waals surface area contributed by atoms with Crippen molar-refractivity contribution in [3.8, 4) is 11.4 Å². The number of amides is 1. The number of carbonyl (C=O) groups is 2. The third-order valence-electron chi connectivity index (χ3n) is 4.34. The maximum atomic E-state index is 13.2. The van der Waals surface area contributed by atoms with Crippen molar-refractivity contribution in [1.82, 2.24) is 9.78 Å². The number of carbonyl (C=O) groups excluding carboxylic acids is 2. The van der Waals surface area contributed by atoms with Crippen LogP contribution in [0, 0.1) is 12.7 Å². The number of esters is 1. The standard InChI is InChI=1S/C22H19ClFN3O5/c1-3-31-22(30)21-18(11-20(29)27(26-21)15-9-7-14(24)8-10-15)32-12-19(28)25-17-6-4-5-16(23)13(17)2/h4-11H,3,12H2,1-2H3,(H,25,28). The number of nitrogens with zero attached hydrogens (tertiary/aromatic N) is 2. The van der Waals surface area contributed by atoms with Gasteiger partial charge in [-0.2, -0.15) is 9.78 Å². The second kappa shape index (κ2) is 10.1. The van der Waals surface area contributed by atoms with Crippen molar-refractivity contribution in [3.63, 3.8) is 0 Å². The molecule has 1 aromatic heterocycles. The van der Waals surface area contributed by atoms with E-state index in [1.807, 2.05) is 0 Å². The van der Waals surface area contributed by atoms with Crippen LogP contribution in [0.1, 0.15) is 23.0 Å². The molecule has 3 aromatic rings. The number of hydrogen-bond acceptors (Lipinski definition) is 6. The first kappa shape index (κ1) is 23.0. The second-order valence-electron chi connectivity index (χ2n) is 6.55. The molecule has 1 N–H and O–H groups in total. The van der Waals surface area contributed by atoms with E-state index in [4.69, 9.17) is 21.1 Å². The van der Waals surface area contributed by atoms with Crippen LogP contribution in [0.3, 0.4) is 0 Å². The number of ether oxygens (including phenoxy) is 2. The number of hydrogen-bond donors (Lipinski definition) is 1. The summed E-state index contributed by atoms with van der Waals surface area (Å²) in [5, 5.41) is 7.15. The van der Waals surface area contributed by atoms with E-state index in [0.29, 0.717) is 16.3 Å². The number of halogens is 2. The Hall–Kier alpha value is -3.72. The lowest BCUT2D eigenvalue weighted by atomic mass is 10.2. The zero-order valence-corrected chi connectivity index (χ0v) is 18.0. The molecule has 0 atom stereocenters. The van der Waals surface area contributed by atoms with E-state index in [1.165, 1.54) is 12.1 Å². The zero-order valence-electron chi connectivity index (χ0n) is 17.2. The number of anilines is 1. The molecule has 1 heterocycles. The van der Waals surface area contributed by atoms with E-state index in [9.17, 15) is 18.8 Å². The first-order valence-corrected chi connectivity index (χ1v) is 9.93. The molecular formula is C22H19ClFN3O5. The minimum Gasteiger partial charge on any atom is -0.481 e. The number of benzene rings is 2. The van der Waals surface area contributed by atoms with Crippen LogP contribution in [0.4, 0.5) is 10.1 Å². The van der Waals surface area contributed by atoms with Crippen LogP contribution in [0.2, 0.25) is 5.02 Å². The molecule has 0 fully saturated rings. The smallest absolute Gasteiger partial charge is 0.362 e. The van der Waals surface area contributed by atoms with Crippen LogP contribution in [-0.4, -0.2) is 34.9 Å². The van der Waals surface area contributed by atoms with Gasteiger partial charge in [0.15, 0.2) is 12.4 Å². The average Bonchev–Trinajstić information content (AvgIpc) is 2.76. The van der Waals surface area contributed by atoms with Gasteiger partial charge in [-0.3, -0.25) is 9.59 Å². The molecule has 1 amide bonds. The Balaban J connectivity index is 1.86. The predicted octanol–water partition coefficient (Wildman–Crippen LogP) is 3.53. The zero-order chi connectivity index (χ0) is 23.3. The number of rotatable bonds is 7. The molecule has 0 aliphatic carbocycles. The molecule has 0 saturated heterocycles. The Labute approximate surface area is 187 Å². The van der Waals surface area contributed by atoms with E-state index in [-0.39, 0.29) is 23.7 Å². The average molecular weight is 460 g/mol. The maximum absolute atomic E-state index is 13.2. The van der Waals surface area contributed by atoms with Crippen molar-refractivity contribution < 1.29 is 23.5 Å². The summed E-state index contributed by atoms with van der Waals surface area (Å²) in [7, 11) is 0. The molecule has 3 rings (SSSR count). The van der Waals surface area contributed by atoms with Crippen molar-refractivity contribution in [2.24, 2.45) is 0 Å². The van der Waals surface area contributed by atoms with Crippen LogP contribution in [0.5, 0.6) is 5.75 Å². The van der Waals surface area contributed by atoms with Gasteiger partial charge in [-0.05, 0) is 55.8 Å². The van der Waals surface area contributed by atoms with Gasteiger partial charge in [0.2, 0.25) is 5.69 Å². The van der Waals surface area contributed by atoms with Gasteiger partial charge in [-0.15, -0.1) is 0 Å². The molecule has 0 spiro atoms. The van der Waals surface area contributed by atoms with Crippen LogP contribution in [-0.2, 0) is 9.53 Å². The molecule has 0 radical (unpaired) electrons. The molecule has 0 bridgehead atoms. The monoisotopic (exact) mass is 459 g/mol. The minimum absolute atomic E-state index is 0.0597. The second-order valence-corrected chi connectivity index (χ2v) is 6.96. The van der Waals surface area contributed by atoms with Crippen molar-refractivity contribution in [3.05, 3.63) is 81.0 Å². The number of nitrogens with one attached hydrogen (secondary N) is 1. The van der Waals surface area contributed by atoms with Gasteiger partial charge in [-0.1, -0.05) is 17.7 Å². The lowest BCUT2D eigenvalue weighted by Gasteiger charge is -2.13. The van der Waals surface area contributed by atoms with Crippen molar-refractivity contribution in [1.29, 1.82) is 0 Å². The molecule has 32 heavy (non-hydrogen) atoms. The van der Waals surface area contributed by atoms with Crippen molar-refractivity contribution in [2.45, 2.75) is 13.8 Å². The molecule has 10 heteroatoms. The Kier molecular flexibility index (Phi) is 7.21. The van der Waals surface area contributed by atoms with Crippen LogP contribution < -0.4 is 15.6 Å². The van der Waals surface area contributed by atoms with E-state index in [0.717, 1.165) is 22.9 Å². The van der Waals surface area contributed by atoms with Gasteiger partial charge in [-0.25, -0.2) is 9.18 Å². The highest BCUT2D eigenvalue weighted by Gasteiger charge is 2.21. The Morgan fingerprint density at radius 3 is 2.59 bits per heavy atom.